The van der Waals surface area contributed by atoms with Crippen LogP contribution in [0.25, 0.3) is 0 Å². The maximum atomic E-state index is 11.2. The fraction of sp³-hybridized carbons (Fsp3) is 0.615. The summed E-state index contributed by atoms with van der Waals surface area (Å²) >= 11 is 0. The molecule has 0 spiro atoms. The highest BCUT2D eigenvalue weighted by molar-refractivity contribution is 5.79. The van der Waals surface area contributed by atoms with Crippen molar-refractivity contribution in [1.82, 2.24) is 9.97 Å². The fourth-order valence-electron chi connectivity index (χ4n) is 1.79. The maximum absolute atomic E-state index is 11.2. The van der Waals surface area contributed by atoms with E-state index < -0.39 is 0 Å². The zero-order valence-electron chi connectivity index (χ0n) is 11.9. The van der Waals surface area contributed by atoms with Gasteiger partial charge >= 0.3 is 0 Å². The first kappa shape index (κ1) is 15.2. The van der Waals surface area contributed by atoms with Crippen LogP contribution in [0.4, 0.5) is 11.8 Å². The van der Waals surface area contributed by atoms with E-state index in [1.54, 1.807) is 6.20 Å². The summed E-state index contributed by atoms with van der Waals surface area (Å²) in [5, 5.41) is 3.07. The number of carbonyl (C=O) groups is 1. The first-order valence-electron chi connectivity index (χ1n) is 6.69. The van der Waals surface area contributed by atoms with Crippen molar-refractivity contribution in [2.75, 3.05) is 29.9 Å². The lowest BCUT2D eigenvalue weighted by atomic mass is 10.2. The number of hydrogen-bond acceptors (Lipinski definition) is 5. The van der Waals surface area contributed by atoms with Gasteiger partial charge in [0.2, 0.25) is 11.9 Å². The van der Waals surface area contributed by atoms with Crippen molar-refractivity contribution in [3.05, 3.63) is 11.8 Å². The van der Waals surface area contributed by atoms with Crippen molar-refractivity contribution in [3.63, 3.8) is 0 Å². The Bertz CT molecular complexity index is 421. The van der Waals surface area contributed by atoms with Crippen LogP contribution < -0.4 is 16.0 Å². The highest BCUT2D eigenvalue weighted by Crippen LogP contribution is 2.18. The third-order valence-electron chi connectivity index (χ3n) is 2.71. The van der Waals surface area contributed by atoms with Crippen molar-refractivity contribution in [2.24, 2.45) is 5.73 Å². The smallest absolute Gasteiger partial charge is 0.236 e. The average Bonchev–Trinajstić information content (AvgIpc) is 2.37. The number of rotatable bonds is 8. The number of nitrogens with zero attached hydrogens (tertiary/aromatic N) is 3. The Labute approximate surface area is 114 Å². The van der Waals surface area contributed by atoms with E-state index in [0.29, 0.717) is 5.95 Å². The van der Waals surface area contributed by atoms with Crippen LogP contribution in [0.3, 0.4) is 0 Å². The van der Waals surface area contributed by atoms with Crippen LogP contribution >= 0.6 is 0 Å². The molecule has 1 amide bonds. The third kappa shape index (κ3) is 4.73. The van der Waals surface area contributed by atoms with Gasteiger partial charge in [-0.05, 0) is 20.3 Å². The van der Waals surface area contributed by atoms with E-state index in [1.165, 1.54) is 0 Å². The molecule has 0 bridgehead atoms. The predicted molar refractivity (Wildman–Crippen MR) is 77.2 cm³/mol. The summed E-state index contributed by atoms with van der Waals surface area (Å²) in [4.78, 5) is 21.8. The molecule has 6 heteroatoms. The molecule has 0 fully saturated rings. The predicted octanol–water partition coefficient (Wildman–Crippen LogP) is 1.31. The molecule has 0 aliphatic rings. The van der Waals surface area contributed by atoms with Crippen molar-refractivity contribution < 1.29 is 4.79 Å². The highest BCUT2D eigenvalue weighted by Gasteiger charge is 2.14. The van der Waals surface area contributed by atoms with Gasteiger partial charge in [-0.3, -0.25) is 4.79 Å². The van der Waals surface area contributed by atoms with Gasteiger partial charge < -0.3 is 16.0 Å². The van der Waals surface area contributed by atoms with Gasteiger partial charge in [0.1, 0.15) is 5.82 Å². The second-order valence-electron chi connectivity index (χ2n) is 4.47. The van der Waals surface area contributed by atoms with Crippen LogP contribution in [0.1, 0.15) is 32.3 Å². The summed E-state index contributed by atoms with van der Waals surface area (Å²) in [6, 6.07) is 0. The molecule has 1 aromatic rings. The number of primary amides is 1. The van der Waals surface area contributed by atoms with Crippen molar-refractivity contribution in [2.45, 2.75) is 33.6 Å². The number of amides is 1. The third-order valence-corrected chi connectivity index (χ3v) is 2.71. The Morgan fingerprint density at radius 2 is 2.21 bits per heavy atom. The Kier molecular flexibility index (Phi) is 6.05. The van der Waals surface area contributed by atoms with Gasteiger partial charge in [0.25, 0.3) is 0 Å². The van der Waals surface area contributed by atoms with Gasteiger partial charge in [-0.25, -0.2) is 4.98 Å². The van der Waals surface area contributed by atoms with Crippen LogP contribution in [0.2, 0.25) is 0 Å². The molecule has 6 nitrogen and oxygen atoms in total. The van der Waals surface area contributed by atoms with Crippen molar-refractivity contribution in [1.29, 1.82) is 0 Å². The zero-order chi connectivity index (χ0) is 14.3. The van der Waals surface area contributed by atoms with Crippen LogP contribution in [0.5, 0.6) is 0 Å². The summed E-state index contributed by atoms with van der Waals surface area (Å²) in [6.45, 7) is 7.74. The number of nitrogens with one attached hydrogen (secondary N) is 1. The van der Waals surface area contributed by atoms with Crippen molar-refractivity contribution >= 4 is 17.7 Å². The summed E-state index contributed by atoms with van der Waals surface area (Å²) in [6.07, 6.45) is 3.81. The largest absolute Gasteiger partial charge is 0.368 e. The van der Waals surface area contributed by atoms with Crippen LogP contribution in [-0.4, -0.2) is 35.5 Å². The number of hydrogen-bond donors (Lipinski definition) is 2. The number of nitrogens with two attached hydrogens (primary N) is 1. The molecule has 0 saturated carbocycles. The summed E-state index contributed by atoms with van der Waals surface area (Å²) < 4.78 is 0. The van der Waals surface area contributed by atoms with E-state index in [9.17, 15) is 4.79 Å². The number of aryl methyl sites for hydroxylation is 1. The molecule has 0 aliphatic carbocycles. The second kappa shape index (κ2) is 7.56. The molecule has 1 rings (SSSR count). The molecule has 0 unspecified atom stereocenters. The first-order chi connectivity index (χ1) is 9.08. The minimum atomic E-state index is -0.348. The number of aromatic nitrogens is 2. The van der Waals surface area contributed by atoms with Crippen LogP contribution in [0, 0.1) is 6.92 Å². The standard InChI is InChI=1S/C13H23N5O/c1-4-6-7-18(9-11(14)19)12-10(3)8-16-13(17-12)15-5-2/h8H,4-7,9H2,1-3H3,(H2,14,19)(H,15,16,17). The van der Waals surface area contributed by atoms with E-state index in [4.69, 9.17) is 5.73 Å². The van der Waals surface area contributed by atoms with Gasteiger partial charge in [-0.1, -0.05) is 13.3 Å². The molecular formula is C13H23N5O. The van der Waals surface area contributed by atoms with Gasteiger partial charge in [0.05, 0.1) is 6.54 Å². The highest BCUT2D eigenvalue weighted by atomic mass is 16.1. The molecule has 1 heterocycles. The minimum Gasteiger partial charge on any atom is -0.368 e. The Morgan fingerprint density at radius 3 is 2.79 bits per heavy atom. The Balaban J connectivity index is 2.97. The molecule has 0 radical (unpaired) electrons. The van der Waals surface area contributed by atoms with Crippen molar-refractivity contribution in [3.8, 4) is 0 Å². The Hall–Kier alpha value is -1.85. The maximum Gasteiger partial charge on any atom is 0.236 e. The number of unbranched alkanes of at least 4 members (excludes halogenated alkanes) is 1. The summed E-state index contributed by atoms with van der Waals surface area (Å²) in [7, 11) is 0. The van der Waals surface area contributed by atoms with Gasteiger partial charge in [0.15, 0.2) is 0 Å². The molecule has 0 saturated heterocycles. The van der Waals surface area contributed by atoms with E-state index in [-0.39, 0.29) is 12.5 Å². The lowest BCUT2D eigenvalue weighted by Gasteiger charge is -2.24. The monoisotopic (exact) mass is 265 g/mol. The fourth-order valence-corrected chi connectivity index (χ4v) is 1.79. The molecule has 0 aliphatic heterocycles. The Morgan fingerprint density at radius 1 is 1.47 bits per heavy atom. The molecule has 106 valence electrons. The lowest BCUT2D eigenvalue weighted by molar-refractivity contribution is -0.116. The van der Waals surface area contributed by atoms with E-state index >= 15 is 0 Å². The van der Waals surface area contributed by atoms with Gasteiger partial charge in [-0.2, -0.15) is 4.98 Å². The number of anilines is 2. The summed E-state index contributed by atoms with van der Waals surface area (Å²) in [5.74, 6) is 1.01. The molecule has 0 atom stereocenters. The molecule has 19 heavy (non-hydrogen) atoms. The SMILES string of the molecule is CCCCN(CC(N)=O)c1nc(NCC)ncc1C. The second-order valence-corrected chi connectivity index (χ2v) is 4.47. The topological polar surface area (TPSA) is 84.1 Å². The first-order valence-corrected chi connectivity index (χ1v) is 6.69. The van der Waals surface area contributed by atoms with Crippen LogP contribution in [-0.2, 0) is 4.79 Å². The average molecular weight is 265 g/mol. The molecule has 0 aromatic carbocycles. The van der Waals surface area contributed by atoms with E-state index in [2.05, 4.69) is 22.2 Å². The molecular weight excluding hydrogens is 242 g/mol. The van der Waals surface area contributed by atoms with E-state index in [0.717, 1.165) is 37.3 Å². The van der Waals surface area contributed by atoms with Gasteiger partial charge in [0, 0.05) is 24.8 Å². The molecule has 3 N–H and O–H groups in total. The number of carbonyl (C=O) groups excluding carboxylic acids is 1. The quantitative estimate of drug-likeness (QED) is 0.740. The minimum absolute atomic E-state index is 0.184. The van der Waals surface area contributed by atoms with E-state index in [1.807, 2.05) is 18.7 Å². The molecule has 1 aromatic heterocycles. The van der Waals surface area contributed by atoms with Crippen LogP contribution in [0.15, 0.2) is 6.20 Å². The van der Waals surface area contributed by atoms with Gasteiger partial charge in [-0.15, -0.1) is 0 Å². The lowest BCUT2D eigenvalue weighted by Crippen LogP contribution is -2.35. The zero-order valence-corrected chi connectivity index (χ0v) is 11.9. The summed E-state index contributed by atoms with van der Waals surface area (Å²) in [5.41, 5.74) is 6.25. The normalized spacial score (nSPS) is 10.3.